The van der Waals surface area contributed by atoms with Crippen molar-refractivity contribution in [2.45, 2.75) is 38.8 Å². The topological polar surface area (TPSA) is 45.2 Å². The van der Waals surface area contributed by atoms with Crippen LogP contribution < -0.4 is 10.2 Å². The molecule has 4 nitrogen and oxygen atoms in total. The predicted molar refractivity (Wildman–Crippen MR) is 124 cm³/mol. The minimum Gasteiger partial charge on any atom is -0.357 e. The number of anilines is 2. The number of carbonyl (C=O) groups is 1. The number of pyridine rings is 1. The van der Waals surface area contributed by atoms with E-state index < -0.39 is 11.7 Å². The van der Waals surface area contributed by atoms with E-state index in [2.05, 4.69) is 15.2 Å². The zero-order valence-electron chi connectivity index (χ0n) is 18.5. The second-order valence-corrected chi connectivity index (χ2v) is 8.37. The quantitative estimate of drug-likeness (QED) is 0.478. The molecule has 172 valence electrons. The number of alkyl halides is 3. The molecule has 1 fully saturated rings. The Bertz CT molecular complexity index is 1100. The molecule has 0 aliphatic carbocycles. The highest BCUT2D eigenvalue weighted by molar-refractivity contribution is 6.05. The first-order chi connectivity index (χ1) is 15.8. The molecule has 2 heterocycles. The number of aryl methyl sites for hydroxylation is 1. The largest absolute Gasteiger partial charge is 0.416 e. The van der Waals surface area contributed by atoms with E-state index in [0.29, 0.717) is 22.4 Å². The Balaban J connectivity index is 1.48. The van der Waals surface area contributed by atoms with Gasteiger partial charge in [0.05, 0.1) is 17.4 Å². The van der Waals surface area contributed by atoms with E-state index in [1.807, 2.05) is 19.1 Å². The molecule has 7 heteroatoms. The van der Waals surface area contributed by atoms with Crippen LogP contribution in [0.5, 0.6) is 0 Å². The van der Waals surface area contributed by atoms with Gasteiger partial charge in [-0.1, -0.05) is 31.0 Å². The summed E-state index contributed by atoms with van der Waals surface area (Å²) in [7, 11) is 0. The van der Waals surface area contributed by atoms with Gasteiger partial charge >= 0.3 is 6.18 Å². The molecule has 0 atom stereocenters. The summed E-state index contributed by atoms with van der Waals surface area (Å²) >= 11 is 0. The van der Waals surface area contributed by atoms with Crippen LogP contribution in [0, 0.1) is 6.92 Å². The smallest absolute Gasteiger partial charge is 0.357 e. The lowest BCUT2D eigenvalue weighted by molar-refractivity contribution is -0.137. The monoisotopic (exact) mass is 453 g/mol. The van der Waals surface area contributed by atoms with E-state index in [-0.39, 0.29) is 5.91 Å². The van der Waals surface area contributed by atoms with Gasteiger partial charge in [0.25, 0.3) is 5.91 Å². The summed E-state index contributed by atoms with van der Waals surface area (Å²) in [6, 6.07) is 13.9. The second-order valence-electron chi connectivity index (χ2n) is 8.37. The van der Waals surface area contributed by atoms with Gasteiger partial charge < -0.3 is 10.2 Å². The van der Waals surface area contributed by atoms with Crippen molar-refractivity contribution in [1.29, 1.82) is 0 Å². The fraction of sp³-hybridized carbons (Fsp3) is 0.308. The Kier molecular flexibility index (Phi) is 6.67. The SMILES string of the molecule is Cc1ccc(C(=O)Nc2ccc(N3CCCCCC3)nc2)cc1-c1ccc(C(F)(F)F)cc1. The number of carbonyl (C=O) groups excluding carboxylic acids is 1. The average Bonchev–Trinajstić information content (AvgIpc) is 3.09. The van der Waals surface area contributed by atoms with Crippen LogP contribution in [0.2, 0.25) is 0 Å². The standard InChI is InChI=1S/C26H26F3N3O/c1-18-6-7-20(16-23(18)19-8-10-21(11-9-19)26(27,28)29)25(33)31-22-12-13-24(30-17-22)32-14-4-2-3-5-15-32/h6-13,16-17H,2-5,14-15H2,1H3,(H,31,33). The van der Waals surface area contributed by atoms with Crippen LogP contribution >= 0.6 is 0 Å². The molecule has 2 aromatic carbocycles. The van der Waals surface area contributed by atoms with Crippen LogP contribution in [0.4, 0.5) is 24.7 Å². The molecule has 3 aromatic rings. The molecule has 1 aliphatic rings. The van der Waals surface area contributed by atoms with Gasteiger partial charge in [0, 0.05) is 18.7 Å². The third-order valence-electron chi connectivity index (χ3n) is 5.96. The lowest BCUT2D eigenvalue weighted by atomic mass is 9.97. The molecule has 4 rings (SSSR count). The lowest BCUT2D eigenvalue weighted by Gasteiger charge is -2.21. The molecule has 0 saturated carbocycles. The number of aromatic nitrogens is 1. The third-order valence-corrected chi connectivity index (χ3v) is 5.96. The maximum absolute atomic E-state index is 12.9. The number of hydrogen-bond acceptors (Lipinski definition) is 3. The van der Waals surface area contributed by atoms with Gasteiger partial charge in [-0.05, 0) is 72.9 Å². The van der Waals surface area contributed by atoms with Crippen LogP contribution in [0.15, 0.2) is 60.8 Å². The van der Waals surface area contributed by atoms with Gasteiger partial charge in [-0.15, -0.1) is 0 Å². The number of nitrogens with one attached hydrogen (secondary N) is 1. The molecular weight excluding hydrogens is 427 g/mol. The van der Waals surface area contributed by atoms with Crippen molar-refractivity contribution < 1.29 is 18.0 Å². The molecule has 1 aliphatic heterocycles. The molecule has 0 bridgehead atoms. The van der Waals surface area contributed by atoms with Crippen molar-refractivity contribution in [3.63, 3.8) is 0 Å². The molecular formula is C26H26F3N3O. The average molecular weight is 454 g/mol. The molecule has 1 saturated heterocycles. The summed E-state index contributed by atoms with van der Waals surface area (Å²) in [6.45, 7) is 3.85. The third kappa shape index (κ3) is 5.53. The van der Waals surface area contributed by atoms with Crippen LogP contribution in [-0.2, 0) is 6.18 Å². The summed E-state index contributed by atoms with van der Waals surface area (Å²) in [5.41, 5.74) is 2.52. The zero-order chi connectivity index (χ0) is 23.4. The summed E-state index contributed by atoms with van der Waals surface area (Å²) in [5, 5.41) is 2.86. The maximum Gasteiger partial charge on any atom is 0.416 e. The number of hydrogen-bond donors (Lipinski definition) is 1. The van der Waals surface area contributed by atoms with E-state index in [9.17, 15) is 18.0 Å². The van der Waals surface area contributed by atoms with Crippen molar-refractivity contribution in [2.24, 2.45) is 0 Å². The summed E-state index contributed by atoms with van der Waals surface area (Å²) in [5.74, 6) is 0.613. The summed E-state index contributed by atoms with van der Waals surface area (Å²) < 4.78 is 38.6. The normalized spacial score (nSPS) is 14.6. The molecule has 1 aromatic heterocycles. The number of amides is 1. The summed E-state index contributed by atoms with van der Waals surface area (Å²) in [4.78, 5) is 19.6. The van der Waals surface area contributed by atoms with Crippen molar-refractivity contribution in [3.8, 4) is 11.1 Å². The number of halogens is 3. The van der Waals surface area contributed by atoms with Crippen LogP contribution in [-0.4, -0.2) is 24.0 Å². The number of benzene rings is 2. The summed E-state index contributed by atoms with van der Waals surface area (Å²) in [6.07, 6.45) is 2.09. The minimum atomic E-state index is -4.38. The fourth-order valence-corrected chi connectivity index (χ4v) is 4.06. The Labute approximate surface area is 191 Å². The Morgan fingerprint density at radius 1 is 0.939 bits per heavy atom. The highest BCUT2D eigenvalue weighted by Gasteiger charge is 2.30. The van der Waals surface area contributed by atoms with Gasteiger partial charge in [-0.3, -0.25) is 4.79 Å². The Morgan fingerprint density at radius 3 is 2.24 bits per heavy atom. The Morgan fingerprint density at radius 2 is 1.64 bits per heavy atom. The van der Waals surface area contributed by atoms with E-state index in [0.717, 1.165) is 49.4 Å². The van der Waals surface area contributed by atoms with Gasteiger partial charge in [0.2, 0.25) is 0 Å². The van der Waals surface area contributed by atoms with E-state index in [1.165, 1.54) is 25.0 Å². The first kappa shape index (κ1) is 22.8. The second kappa shape index (κ2) is 9.65. The first-order valence-electron chi connectivity index (χ1n) is 11.1. The van der Waals surface area contributed by atoms with Crippen LogP contribution in [0.3, 0.4) is 0 Å². The number of nitrogens with zero attached hydrogens (tertiary/aromatic N) is 2. The van der Waals surface area contributed by atoms with Gasteiger partial charge in [0.15, 0.2) is 0 Å². The predicted octanol–water partition coefficient (Wildman–Crippen LogP) is 6.71. The van der Waals surface area contributed by atoms with Crippen LogP contribution in [0.25, 0.3) is 11.1 Å². The highest BCUT2D eigenvalue weighted by atomic mass is 19.4. The molecule has 0 radical (unpaired) electrons. The molecule has 1 amide bonds. The fourth-order valence-electron chi connectivity index (χ4n) is 4.06. The zero-order valence-corrected chi connectivity index (χ0v) is 18.5. The maximum atomic E-state index is 12.9. The Hall–Kier alpha value is -3.35. The van der Waals surface area contributed by atoms with Gasteiger partial charge in [-0.2, -0.15) is 13.2 Å². The van der Waals surface area contributed by atoms with Crippen LogP contribution in [0.1, 0.15) is 47.2 Å². The molecule has 1 N–H and O–H groups in total. The van der Waals surface area contributed by atoms with Crippen molar-refractivity contribution in [1.82, 2.24) is 4.98 Å². The van der Waals surface area contributed by atoms with E-state index in [1.54, 1.807) is 24.4 Å². The van der Waals surface area contributed by atoms with E-state index >= 15 is 0 Å². The minimum absolute atomic E-state index is 0.299. The number of rotatable bonds is 4. The molecule has 33 heavy (non-hydrogen) atoms. The first-order valence-corrected chi connectivity index (χ1v) is 11.1. The molecule has 0 spiro atoms. The van der Waals surface area contributed by atoms with Crippen molar-refractivity contribution >= 4 is 17.4 Å². The van der Waals surface area contributed by atoms with Gasteiger partial charge in [0.1, 0.15) is 5.82 Å². The highest BCUT2D eigenvalue weighted by Crippen LogP contribution is 2.32. The van der Waals surface area contributed by atoms with Crippen molar-refractivity contribution in [2.75, 3.05) is 23.3 Å². The van der Waals surface area contributed by atoms with Crippen molar-refractivity contribution in [3.05, 3.63) is 77.5 Å². The van der Waals surface area contributed by atoms with E-state index in [4.69, 9.17) is 0 Å². The molecule has 0 unspecified atom stereocenters. The van der Waals surface area contributed by atoms with Gasteiger partial charge in [-0.25, -0.2) is 4.98 Å². The lowest BCUT2D eigenvalue weighted by Crippen LogP contribution is -2.24.